The van der Waals surface area contributed by atoms with Crippen LogP contribution in [-0.2, 0) is 10.0 Å². The Hall–Kier alpha value is -3.50. The third-order valence-corrected chi connectivity index (χ3v) is 8.73. The van der Waals surface area contributed by atoms with Crippen LogP contribution in [0.5, 0.6) is 5.75 Å². The largest absolute Gasteiger partial charge is 0.497 e. The maximum atomic E-state index is 13.3. The van der Waals surface area contributed by atoms with E-state index in [-0.39, 0.29) is 4.90 Å². The quantitative estimate of drug-likeness (QED) is 0.396. The minimum absolute atomic E-state index is 0.279. The standard InChI is InChI=1S/C26H28N6O3S/c1-35-21-10-12-22(13-11-21)36(33,34)31-15-5-14-30(16-17-31)25-23-18-27-32(20-6-3-2-4-7-20)26(23)29-24(28-25)19-8-9-19/h2-4,6-7,10-13,18-19H,5,8-9,14-17H2,1H3. The molecule has 0 bridgehead atoms. The Kier molecular flexibility index (Phi) is 5.85. The fourth-order valence-corrected chi connectivity index (χ4v) is 6.15. The lowest BCUT2D eigenvalue weighted by molar-refractivity contribution is 0.413. The number of hydrogen-bond acceptors (Lipinski definition) is 7. The molecule has 3 heterocycles. The average Bonchev–Trinajstić information content (AvgIpc) is 3.72. The van der Waals surface area contributed by atoms with E-state index in [1.54, 1.807) is 35.7 Å². The summed E-state index contributed by atoms with van der Waals surface area (Å²) in [6.07, 6.45) is 4.72. The van der Waals surface area contributed by atoms with Crippen LogP contribution in [0.2, 0.25) is 0 Å². The summed E-state index contributed by atoms with van der Waals surface area (Å²) < 4.78 is 35.3. The van der Waals surface area contributed by atoms with Crippen LogP contribution in [0.15, 0.2) is 65.7 Å². The Bertz CT molecular complexity index is 1480. The van der Waals surface area contributed by atoms with E-state index in [1.807, 2.05) is 41.2 Å². The maximum absolute atomic E-state index is 13.3. The molecule has 0 radical (unpaired) electrons. The van der Waals surface area contributed by atoms with Crippen molar-refractivity contribution in [1.29, 1.82) is 0 Å². The van der Waals surface area contributed by atoms with E-state index in [1.165, 1.54) is 0 Å². The zero-order valence-corrected chi connectivity index (χ0v) is 20.9. The van der Waals surface area contributed by atoms with Gasteiger partial charge < -0.3 is 9.64 Å². The van der Waals surface area contributed by atoms with E-state index in [4.69, 9.17) is 14.7 Å². The van der Waals surface area contributed by atoms with E-state index < -0.39 is 10.0 Å². The lowest BCUT2D eigenvalue weighted by Gasteiger charge is -2.23. The number of aromatic nitrogens is 4. The number of sulfonamides is 1. The second-order valence-corrected chi connectivity index (χ2v) is 11.2. The minimum atomic E-state index is -3.60. The molecule has 4 aromatic rings. The van der Waals surface area contributed by atoms with Crippen LogP contribution >= 0.6 is 0 Å². The molecule has 6 rings (SSSR count). The van der Waals surface area contributed by atoms with Crippen LogP contribution in [0.3, 0.4) is 0 Å². The highest BCUT2D eigenvalue weighted by molar-refractivity contribution is 7.89. The van der Waals surface area contributed by atoms with E-state index in [2.05, 4.69) is 10.00 Å². The molecule has 1 aliphatic heterocycles. The van der Waals surface area contributed by atoms with Gasteiger partial charge in [0.05, 0.1) is 29.3 Å². The van der Waals surface area contributed by atoms with Crippen LogP contribution in [0.25, 0.3) is 16.7 Å². The topological polar surface area (TPSA) is 93.5 Å². The van der Waals surface area contributed by atoms with Gasteiger partial charge in [-0.25, -0.2) is 23.1 Å². The molecule has 1 saturated heterocycles. The first kappa shape index (κ1) is 22.9. The fraction of sp³-hybridized carbons (Fsp3) is 0.346. The van der Waals surface area contributed by atoms with Crippen LogP contribution in [0.4, 0.5) is 5.82 Å². The summed E-state index contributed by atoms with van der Waals surface area (Å²) in [5, 5.41) is 5.53. The summed E-state index contributed by atoms with van der Waals surface area (Å²) >= 11 is 0. The number of hydrogen-bond donors (Lipinski definition) is 0. The van der Waals surface area contributed by atoms with Crippen molar-refractivity contribution in [2.75, 3.05) is 38.2 Å². The summed E-state index contributed by atoms with van der Waals surface area (Å²) in [5.41, 5.74) is 1.74. The molecule has 0 amide bonds. The highest BCUT2D eigenvalue weighted by Gasteiger charge is 2.31. The van der Waals surface area contributed by atoms with Gasteiger partial charge >= 0.3 is 0 Å². The Labute approximate surface area is 210 Å². The lowest BCUT2D eigenvalue weighted by Crippen LogP contribution is -2.35. The van der Waals surface area contributed by atoms with Crippen molar-refractivity contribution in [3.05, 3.63) is 66.6 Å². The van der Waals surface area contributed by atoms with Gasteiger partial charge in [-0.05, 0) is 55.7 Å². The molecule has 1 saturated carbocycles. The first-order valence-corrected chi connectivity index (χ1v) is 13.7. The van der Waals surface area contributed by atoms with E-state index in [0.29, 0.717) is 44.3 Å². The molecule has 36 heavy (non-hydrogen) atoms. The van der Waals surface area contributed by atoms with Gasteiger partial charge in [0.2, 0.25) is 10.0 Å². The van der Waals surface area contributed by atoms with Gasteiger partial charge in [-0.1, -0.05) is 18.2 Å². The van der Waals surface area contributed by atoms with Gasteiger partial charge in [0, 0.05) is 32.1 Å². The predicted octanol–water partition coefficient (Wildman–Crippen LogP) is 3.60. The Morgan fingerprint density at radius 3 is 2.42 bits per heavy atom. The van der Waals surface area contributed by atoms with Gasteiger partial charge in [-0.15, -0.1) is 0 Å². The fourth-order valence-electron chi connectivity index (χ4n) is 4.68. The zero-order valence-electron chi connectivity index (χ0n) is 20.1. The molecule has 9 nitrogen and oxygen atoms in total. The molecular formula is C26H28N6O3S. The van der Waals surface area contributed by atoms with Crippen molar-refractivity contribution in [3.8, 4) is 11.4 Å². The molecule has 0 spiro atoms. The molecule has 186 valence electrons. The third-order valence-electron chi connectivity index (χ3n) is 6.82. The first-order chi connectivity index (χ1) is 17.5. The predicted molar refractivity (Wildman–Crippen MR) is 137 cm³/mol. The molecular weight excluding hydrogens is 476 g/mol. The SMILES string of the molecule is COc1ccc(S(=O)(=O)N2CCCN(c3nc(C4CC4)nc4c3cnn4-c3ccccc3)CC2)cc1. The van der Waals surface area contributed by atoms with Crippen molar-refractivity contribution in [1.82, 2.24) is 24.1 Å². The lowest BCUT2D eigenvalue weighted by atomic mass is 10.3. The number of nitrogens with zero attached hydrogens (tertiary/aromatic N) is 6. The summed E-state index contributed by atoms with van der Waals surface area (Å²) in [6.45, 7) is 2.09. The summed E-state index contributed by atoms with van der Waals surface area (Å²) in [5.74, 6) is 2.70. The summed E-state index contributed by atoms with van der Waals surface area (Å²) in [6, 6.07) is 16.5. The monoisotopic (exact) mass is 504 g/mol. The van der Waals surface area contributed by atoms with Crippen LogP contribution < -0.4 is 9.64 Å². The van der Waals surface area contributed by atoms with Crippen molar-refractivity contribution in [2.24, 2.45) is 0 Å². The molecule has 2 aromatic heterocycles. The van der Waals surface area contributed by atoms with Gasteiger partial charge in [0.25, 0.3) is 0 Å². The second kappa shape index (κ2) is 9.18. The smallest absolute Gasteiger partial charge is 0.243 e. The number of anilines is 1. The maximum Gasteiger partial charge on any atom is 0.243 e. The van der Waals surface area contributed by atoms with E-state index in [9.17, 15) is 8.42 Å². The highest BCUT2D eigenvalue weighted by atomic mass is 32.2. The highest BCUT2D eigenvalue weighted by Crippen LogP contribution is 2.40. The molecule has 2 aromatic carbocycles. The van der Waals surface area contributed by atoms with Crippen molar-refractivity contribution in [2.45, 2.75) is 30.1 Å². The van der Waals surface area contributed by atoms with Gasteiger partial charge in [-0.3, -0.25) is 0 Å². The van der Waals surface area contributed by atoms with Crippen molar-refractivity contribution >= 4 is 26.9 Å². The van der Waals surface area contributed by atoms with Crippen LogP contribution in [0.1, 0.15) is 31.0 Å². The molecule has 2 aliphatic rings. The first-order valence-electron chi connectivity index (χ1n) is 12.2. The Morgan fingerprint density at radius 1 is 0.917 bits per heavy atom. The van der Waals surface area contributed by atoms with Gasteiger partial charge in [0.15, 0.2) is 5.65 Å². The summed E-state index contributed by atoms with van der Waals surface area (Å²) in [7, 11) is -2.04. The Morgan fingerprint density at radius 2 is 1.69 bits per heavy atom. The van der Waals surface area contributed by atoms with Gasteiger partial charge in [-0.2, -0.15) is 9.40 Å². The molecule has 2 fully saturated rings. The number of fused-ring (bicyclic) bond motifs is 1. The minimum Gasteiger partial charge on any atom is -0.497 e. The molecule has 0 atom stereocenters. The normalized spacial score (nSPS) is 17.3. The second-order valence-electron chi connectivity index (χ2n) is 9.23. The molecule has 0 unspecified atom stereocenters. The Balaban J connectivity index is 1.31. The van der Waals surface area contributed by atoms with Crippen molar-refractivity contribution in [3.63, 3.8) is 0 Å². The van der Waals surface area contributed by atoms with E-state index >= 15 is 0 Å². The van der Waals surface area contributed by atoms with Crippen molar-refractivity contribution < 1.29 is 13.2 Å². The zero-order chi connectivity index (χ0) is 24.7. The summed E-state index contributed by atoms with van der Waals surface area (Å²) in [4.78, 5) is 12.4. The molecule has 0 N–H and O–H groups in total. The number of para-hydroxylation sites is 1. The van der Waals surface area contributed by atoms with Crippen LogP contribution in [-0.4, -0.2) is 65.8 Å². The number of ether oxygens (including phenoxy) is 1. The molecule has 1 aliphatic carbocycles. The van der Waals surface area contributed by atoms with E-state index in [0.717, 1.165) is 41.2 Å². The van der Waals surface area contributed by atoms with Gasteiger partial charge in [0.1, 0.15) is 17.4 Å². The number of methoxy groups -OCH3 is 1. The number of rotatable bonds is 6. The number of benzene rings is 2. The average molecular weight is 505 g/mol. The third kappa shape index (κ3) is 4.20. The molecule has 10 heteroatoms. The van der Waals surface area contributed by atoms with Crippen LogP contribution in [0, 0.1) is 0 Å².